The second-order valence-electron chi connectivity index (χ2n) is 4.71. The Hall–Kier alpha value is -2.59. The largest absolute Gasteiger partial charge is 0.496 e. The average molecular weight is 280 g/mol. The Kier molecular flexibility index (Phi) is 3.71. The predicted octanol–water partition coefficient (Wildman–Crippen LogP) is 3.17. The number of aliphatic hydroxyl groups is 1. The van der Waals surface area contributed by atoms with Crippen molar-refractivity contribution in [2.45, 2.75) is 6.10 Å². The van der Waals surface area contributed by atoms with Gasteiger partial charge in [0.2, 0.25) is 0 Å². The summed E-state index contributed by atoms with van der Waals surface area (Å²) in [6, 6.07) is 17.3. The van der Waals surface area contributed by atoms with E-state index in [-0.39, 0.29) is 0 Å². The van der Waals surface area contributed by atoms with Gasteiger partial charge in [0.25, 0.3) is 0 Å². The maximum atomic E-state index is 10.7. The van der Waals surface area contributed by atoms with Crippen molar-refractivity contribution in [2.24, 2.45) is 0 Å². The first kappa shape index (κ1) is 13.4. The van der Waals surface area contributed by atoms with Crippen molar-refractivity contribution in [3.63, 3.8) is 0 Å². The second kappa shape index (κ2) is 5.81. The number of para-hydroxylation sites is 1. The van der Waals surface area contributed by atoms with Gasteiger partial charge >= 0.3 is 0 Å². The molecule has 0 fully saturated rings. The summed E-state index contributed by atoms with van der Waals surface area (Å²) in [6.07, 6.45) is 0.856. The van der Waals surface area contributed by atoms with Crippen molar-refractivity contribution >= 4 is 0 Å². The number of nitrogens with one attached hydrogen (secondary N) is 1. The van der Waals surface area contributed by atoms with E-state index in [0.717, 1.165) is 22.4 Å². The molecule has 0 amide bonds. The molecule has 4 nitrogen and oxygen atoms in total. The monoisotopic (exact) mass is 280 g/mol. The van der Waals surface area contributed by atoms with Crippen LogP contribution >= 0.6 is 0 Å². The third-order valence-corrected chi connectivity index (χ3v) is 3.46. The fourth-order valence-electron chi connectivity index (χ4n) is 2.40. The number of ether oxygens (including phenoxy) is 1. The van der Waals surface area contributed by atoms with Crippen LogP contribution in [0.15, 0.2) is 60.8 Å². The number of H-pyrrole nitrogens is 1. The van der Waals surface area contributed by atoms with E-state index in [1.54, 1.807) is 13.3 Å². The molecule has 0 aliphatic carbocycles. The fourth-order valence-corrected chi connectivity index (χ4v) is 2.40. The van der Waals surface area contributed by atoms with Crippen molar-refractivity contribution in [2.75, 3.05) is 7.11 Å². The van der Waals surface area contributed by atoms with Gasteiger partial charge in [0.1, 0.15) is 11.9 Å². The lowest BCUT2D eigenvalue weighted by atomic mass is 9.98. The number of hydrogen-bond donors (Lipinski definition) is 2. The minimum atomic E-state index is -0.796. The van der Waals surface area contributed by atoms with Crippen LogP contribution in [0.25, 0.3) is 11.3 Å². The van der Waals surface area contributed by atoms with Crippen molar-refractivity contribution in [1.82, 2.24) is 10.2 Å². The molecule has 106 valence electrons. The summed E-state index contributed by atoms with van der Waals surface area (Å²) >= 11 is 0. The van der Waals surface area contributed by atoms with E-state index < -0.39 is 6.10 Å². The predicted molar refractivity (Wildman–Crippen MR) is 81.1 cm³/mol. The Morgan fingerprint density at radius 1 is 1.00 bits per heavy atom. The van der Waals surface area contributed by atoms with Gasteiger partial charge < -0.3 is 9.84 Å². The Balaban J connectivity index is 2.04. The maximum Gasteiger partial charge on any atom is 0.125 e. The summed E-state index contributed by atoms with van der Waals surface area (Å²) in [5.74, 6) is 0.658. The van der Waals surface area contributed by atoms with E-state index in [0.29, 0.717) is 5.75 Å². The van der Waals surface area contributed by atoms with Crippen molar-refractivity contribution < 1.29 is 9.84 Å². The van der Waals surface area contributed by atoms with Crippen LogP contribution in [-0.2, 0) is 0 Å². The highest BCUT2D eigenvalue weighted by Crippen LogP contribution is 2.34. The highest BCUT2D eigenvalue weighted by molar-refractivity contribution is 5.64. The van der Waals surface area contributed by atoms with Gasteiger partial charge in [-0.1, -0.05) is 48.5 Å². The first-order chi connectivity index (χ1) is 10.3. The molecule has 1 atom stereocenters. The molecule has 0 saturated heterocycles. The number of rotatable bonds is 4. The minimum Gasteiger partial charge on any atom is -0.496 e. The fraction of sp³-hybridized carbons (Fsp3) is 0.118. The third-order valence-electron chi connectivity index (χ3n) is 3.46. The van der Waals surface area contributed by atoms with Crippen LogP contribution < -0.4 is 4.74 Å². The Morgan fingerprint density at radius 2 is 1.71 bits per heavy atom. The van der Waals surface area contributed by atoms with Crippen LogP contribution in [0.1, 0.15) is 17.2 Å². The van der Waals surface area contributed by atoms with E-state index in [1.807, 2.05) is 54.6 Å². The van der Waals surface area contributed by atoms with E-state index in [1.165, 1.54) is 0 Å². The molecular formula is C17H16N2O2. The average Bonchev–Trinajstić information content (AvgIpc) is 3.04. The van der Waals surface area contributed by atoms with Crippen LogP contribution in [0.4, 0.5) is 0 Å². The lowest BCUT2D eigenvalue weighted by molar-refractivity contribution is 0.215. The molecule has 3 aromatic rings. The summed E-state index contributed by atoms with van der Waals surface area (Å²) in [7, 11) is 1.60. The zero-order chi connectivity index (χ0) is 14.7. The quantitative estimate of drug-likeness (QED) is 0.771. The van der Waals surface area contributed by atoms with Crippen molar-refractivity contribution in [1.29, 1.82) is 0 Å². The van der Waals surface area contributed by atoms with Crippen LogP contribution in [0.5, 0.6) is 5.75 Å². The van der Waals surface area contributed by atoms with Gasteiger partial charge in [0.15, 0.2) is 0 Å². The van der Waals surface area contributed by atoms with Crippen LogP contribution in [-0.4, -0.2) is 22.4 Å². The first-order valence-electron chi connectivity index (χ1n) is 6.71. The molecule has 1 heterocycles. The molecule has 1 unspecified atom stereocenters. The highest BCUT2D eigenvalue weighted by atomic mass is 16.5. The molecule has 0 aliphatic heterocycles. The van der Waals surface area contributed by atoms with Crippen molar-refractivity contribution in [3.05, 3.63) is 71.9 Å². The number of nitrogens with zero attached hydrogens (tertiary/aromatic N) is 1. The molecule has 3 rings (SSSR count). The normalized spacial score (nSPS) is 12.1. The molecule has 1 aromatic heterocycles. The number of methoxy groups -OCH3 is 1. The van der Waals surface area contributed by atoms with Gasteiger partial charge in [-0.3, -0.25) is 5.10 Å². The summed E-state index contributed by atoms with van der Waals surface area (Å²) in [4.78, 5) is 0. The highest BCUT2D eigenvalue weighted by Gasteiger charge is 2.20. The van der Waals surface area contributed by atoms with Gasteiger partial charge in [-0.05, 0) is 11.6 Å². The van der Waals surface area contributed by atoms with Crippen LogP contribution in [0.3, 0.4) is 0 Å². The zero-order valence-electron chi connectivity index (χ0n) is 11.7. The van der Waals surface area contributed by atoms with E-state index in [4.69, 9.17) is 4.74 Å². The Bertz CT molecular complexity index is 722. The maximum absolute atomic E-state index is 10.7. The van der Waals surface area contributed by atoms with Gasteiger partial charge in [-0.25, -0.2) is 0 Å². The van der Waals surface area contributed by atoms with E-state index in [2.05, 4.69) is 10.2 Å². The number of benzene rings is 2. The molecule has 0 bridgehead atoms. The number of aromatic nitrogens is 2. The van der Waals surface area contributed by atoms with Gasteiger partial charge in [0.05, 0.1) is 19.0 Å². The molecular weight excluding hydrogens is 264 g/mol. The van der Waals surface area contributed by atoms with Crippen molar-refractivity contribution in [3.8, 4) is 17.0 Å². The Labute approximate surface area is 123 Å². The summed E-state index contributed by atoms with van der Waals surface area (Å²) < 4.78 is 5.32. The van der Waals surface area contributed by atoms with Gasteiger partial charge in [0, 0.05) is 11.1 Å². The van der Waals surface area contributed by atoms with Crippen LogP contribution in [0, 0.1) is 0 Å². The summed E-state index contributed by atoms with van der Waals surface area (Å²) in [5, 5.41) is 17.7. The molecule has 4 heteroatoms. The van der Waals surface area contributed by atoms with Gasteiger partial charge in [-0.15, -0.1) is 0 Å². The smallest absolute Gasteiger partial charge is 0.125 e. The summed E-state index contributed by atoms with van der Waals surface area (Å²) in [5.41, 5.74) is 3.25. The number of hydrogen-bond acceptors (Lipinski definition) is 3. The standard InChI is InChI=1S/C17H16N2O2/c1-21-15-10-6-5-9-13(15)17(20)14-11-18-19-16(14)12-7-3-2-4-8-12/h2-11,17,20H,1H3,(H,18,19). The van der Waals surface area contributed by atoms with E-state index >= 15 is 0 Å². The molecule has 2 N–H and O–H groups in total. The lowest BCUT2D eigenvalue weighted by Gasteiger charge is -2.15. The molecule has 2 aromatic carbocycles. The third kappa shape index (κ3) is 2.53. The second-order valence-corrected chi connectivity index (χ2v) is 4.71. The topological polar surface area (TPSA) is 58.1 Å². The van der Waals surface area contributed by atoms with Gasteiger partial charge in [-0.2, -0.15) is 5.10 Å². The van der Waals surface area contributed by atoms with E-state index in [9.17, 15) is 5.11 Å². The zero-order valence-corrected chi connectivity index (χ0v) is 11.7. The summed E-state index contributed by atoms with van der Waals surface area (Å²) in [6.45, 7) is 0. The SMILES string of the molecule is COc1ccccc1C(O)c1cn[nH]c1-c1ccccc1. The molecule has 0 aliphatic rings. The molecule has 0 radical (unpaired) electrons. The first-order valence-corrected chi connectivity index (χ1v) is 6.71. The number of aliphatic hydroxyl groups excluding tert-OH is 1. The Morgan fingerprint density at radius 3 is 2.48 bits per heavy atom. The molecule has 0 saturated carbocycles. The lowest BCUT2D eigenvalue weighted by Crippen LogP contribution is -2.02. The molecule has 21 heavy (non-hydrogen) atoms. The van der Waals surface area contributed by atoms with Crippen LogP contribution in [0.2, 0.25) is 0 Å². The minimum absolute atomic E-state index is 0.658. The number of aromatic amines is 1. The molecule has 0 spiro atoms.